The Balaban J connectivity index is 2.07. The molecule has 1 aromatic carbocycles. The molecule has 0 unspecified atom stereocenters. The lowest BCUT2D eigenvalue weighted by atomic mass is 10.2. The molecular formula is C15H21N5O3. The van der Waals surface area contributed by atoms with E-state index in [0.29, 0.717) is 24.5 Å². The fourth-order valence-corrected chi connectivity index (χ4v) is 2.28. The van der Waals surface area contributed by atoms with Gasteiger partial charge in [0.1, 0.15) is 0 Å². The van der Waals surface area contributed by atoms with Crippen molar-refractivity contribution < 1.29 is 14.4 Å². The molecule has 1 saturated heterocycles. The van der Waals surface area contributed by atoms with Gasteiger partial charge in [0.05, 0.1) is 5.69 Å². The van der Waals surface area contributed by atoms with Gasteiger partial charge in [-0.25, -0.2) is 9.91 Å². The van der Waals surface area contributed by atoms with Crippen LogP contribution in [0.25, 0.3) is 0 Å². The first-order valence-electron chi connectivity index (χ1n) is 7.33. The number of nitrogens with one attached hydrogen (secondary N) is 1. The third-order valence-electron chi connectivity index (χ3n) is 3.63. The fraction of sp³-hybridized carbons (Fsp3) is 0.400. The van der Waals surface area contributed by atoms with Crippen molar-refractivity contribution in [1.82, 2.24) is 15.3 Å². The van der Waals surface area contributed by atoms with Gasteiger partial charge in [-0.15, -0.1) is 0 Å². The number of rotatable bonds is 2. The zero-order valence-corrected chi connectivity index (χ0v) is 13.3. The van der Waals surface area contributed by atoms with Crippen LogP contribution in [0.4, 0.5) is 11.4 Å². The number of nitrogens with zero attached hydrogens (tertiary/aromatic N) is 3. The molecule has 1 heterocycles. The van der Waals surface area contributed by atoms with E-state index in [-0.39, 0.29) is 0 Å². The number of carbonyl (C=O) groups excluding carboxylic acids is 3. The largest absolute Gasteiger partial charge is 0.399 e. The van der Waals surface area contributed by atoms with Crippen molar-refractivity contribution >= 4 is 29.1 Å². The molecule has 0 spiro atoms. The number of amides is 3. The lowest BCUT2D eigenvalue weighted by Gasteiger charge is -2.32. The van der Waals surface area contributed by atoms with E-state index in [1.165, 1.54) is 19.1 Å². The summed E-state index contributed by atoms with van der Waals surface area (Å²) in [6.45, 7) is 4.07. The molecule has 23 heavy (non-hydrogen) atoms. The molecule has 1 aliphatic rings. The third kappa shape index (κ3) is 4.27. The summed E-state index contributed by atoms with van der Waals surface area (Å²) in [4.78, 5) is 39.2. The van der Waals surface area contributed by atoms with Crippen molar-refractivity contribution in [2.75, 3.05) is 43.9 Å². The number of imide groups is 1. The molecule has 3 N–H and O–H groups in total. The minimum absolute atomic E-state index is 0.310. The lowest BCUT2D eigenvalue weighted by molar-refractivity contribution is -0.142. The van der Waals surface area contributed by atoms with Crippen LogP contribution in [-0.4, -0.2) is 60.9 Å². The summed E-state index contributed by atoms with van der Waals surface area (Å²) < 4.78 is 0. The highest BCUT2D eigenvalue weighted by atomic mass is 16.2. The number of likely N-dealkylation sites (N-methyl/N-ethyl adjacent to an activating group) is 1. The number of piperazine rings is 1. The molecule has 8 heteroatoms. The second-order valence-corrected chi connectivity index (χ2v) is 5.48. The van der Waals surface area contributed by atoms with Crippen molar-refractivity contribution in [1.29, 1.82) is 0 Å². The second kappa shape index (κ2) is 7.21. The maximum Gasteiger partial charge on any atom is 0.324 e. The SMILES string of the molecule is CC(=O)N(C(=O)C(=O)NN1CCN(C)CC1)c1ccc(N)cc1. The molecule has 0 aliphatic carbocycles. The van der Waals surface area contributed by atoms with Gasteiger partial charge in [0.15, 0.2) is 0 Å². The number of nitrogen functional groups attached to an aromatic ring is 1. The smallest absolute Gasteiger partial charge is 0.324 e. The van der Waals surface area contributed by atoms with E-state index in [1.807, 2.05) is 7.05 Å². The summed E-state index contributed by atoms with van der Waals surface area (Å²) in [5, 5.41) is 1.68. The van der Waals surface area contributed by atoms with Gasteiger partial charge in [0, 0.05) is 38.8 Å². The topological polar surface area (TPSA) is 99.0 Å². The van der Waals surface area contributed by atoms with Gasteiger partial charge < -0.3 is 10.6 Å². The molecule has 0 bridgehead atoms. The average molecular weight is 319 g/mol. The van der Waals surface area contributed by atoms with E-state index in [9.17, 15) is 14.4 Å². The Morgan fingerprint density at radius 3 is 2.17 bits per heavy atom. The molecule has 0 atom stereocenters. The number of hydrogen-bond donors (Lipinski definition) is 2. The van der Waals surface area contributed by atoms with E-state index in [1.54, 1.807) is 17.1 Å². The first-order valence-corrected chi connectivity index (χ1v) is 7.33. The van der Waals surface area contributed by atoms with Crippen molar-refractivity contribution in [3.05, 3.63) is 24.3 Å². The van der Waals surface area contributed by atoms with Crippen molar-refractivity contribution in [3.8, 4) is 0 Å². The molecule has 2 rings (SSSR count). The first kappa shape index (κ1) is 16.9. The highest BCUT2D eigenvalue weighted by molar-refractivity contribution is 6.45. The van der Waals surface area contributed by atoms with Gasteiger partial charge in [0.2, 0.25) is 5.91 Å². The summed E-state index contributed by atoms with van der Waals surface area (Å²) in [6.07, 6.45) is 0. The van der Waals surface area contributed by atoms with E-state index in [0.717, 1.165) is 18.0 Å². The maximum absolute atomic E-state index is 12.3. The highest BCUT2D eigenvalue weighted by Gasteiger charge is 2.28. The highest BCUT2D eigenvalue weighted by Crippen LogP contribution is 2.17. The van der Waals surface area contributed by atoms with Crippen LogP contribution < -0.4 is 16.1 Å². The minimum Gasteiger partial charge on any atom is -0.399 e. The second-order valence-electron chi connectivity index (χ2n) is 5.48. The summed E-state index contributed by atoms with van der Waals surface area (Å²) in [5.74, 6) is -2.28. The monoisotopic (exact) mass is 319 g/mol. The van der Waals surface area contributed by atoms with Crippen LogP contribution in [0, 0.1) is 0 Å². The van der Waals surface area contributed by atoms with Crippen LogP contribution in [0.5, 0.6) is 0 Å². The van der Waals surface area contributed by atoms with Gasteiger partial charge in [-0.1, -0.05) is 0 Å². The number of anilines is 2. The van der Waals surface area contributed by atoms with Gasteiger partial charge in [-0.3, -0.25) is 19.8 Å². The van der Waals surface area contributed by atoms with Crippen molar-refractivity contribution in [3.63, 3.8) is 0 Å². The van der Waals surface area contributed by atoms with Crippen molar-refractivity contribution in [2.24, 2.45) is 0 Å². The molecule has 1 aliphatic heterocycles. The van der Waals surface area contributed by atoms with Gasteiger partial charge >= 0.3 is 11.8 Å². The molecule has 0 radical (unpaired) electrons. The number of benzene rings is 1. The Bertz CT molecular complexity index is 594. The molecule has 1 fully saturated rings. The average Bonchev–Trinajstić information content (AvgIpc) is 2.51. The number of carbonyl (C=O) groups is 3. The Kier molecular flexibility index (Phi) is 5.30. The molecule has 124 valence electrons. The molecule has 1 aromatic rings. The van der Waals surface area contributed by atoms with Crippen LogP contribution in [-0.2, 0) is 14.4 Å². The van der Waals surface area contributed by atoms with E-state index >= 15 is 0 Å². The van der Waals surface area contributed by atoms with Crippen LogP contribution >= 0.6 is 0 Å². The number of nitrogens with two attached hydrogens (primary N) is 1. The summed E-state index contributed by atoms with van der Waals surface area (Å²) in [6, 6.07) is 6.18. The zero-order chi connectivity index (χ0) is 17.0. The number of hydrazine groups is 1. The predicted octanol–water partition coefficient (Wildman–Crippen LogP) is -0.573. The normalized spacial score (nSPS) is 15.9. The molecule has 8 nitrogen and oxygen atoms in total. The summed E-state index contributed by atoms with van der Waals surface area (Å²) >= 11 is 0. The quantitative estimate of drug-likeness (QED) is 0.559. The first-order chi connectivity index (χ1) is 10.9. The predicted molar refractivity (Wildman–Crippen MR) is 86.2 cm³/mol. The molecular weight excluding hydrogens is 298 g/mol. The van der Waals surface area contributed by atoms with Crippen LogP contribution in [0.1, 0.15) is 6.92 Å². The van der Waals surface area contributed by atoms with E-state index in [4.69, 9.17) is 5.73 Å². The minimum atomic E-state index is -0.916. The standard InChI is InChI=1S/C15H21N5O3/c1-11(21)20(13-5-3-12(16)4-6-13)15(23)14(22)17-19-9-7-18(2)8-10-19/h3-6H,7-10,16H2,1-2H3,(H,17,22). The van der Waals surface area contributed by atoms with Crippen LogP contribution in [0.15, 0.2) is 24.3 Å². The van der Waals surface area contributed by atoms with Gasteiger partial charge in [0.25, 0.3) is 0 Å². The molecule has 0 aromatic heterocycles. The van der Waals surface area contributed by atoms with E-state index < -0.39 is 17.7 Å². The van der Waals surface area contributed by atoms with Crippen LogP contribution in [0.3, 0.4) is 0 Å². The van der Waals surface area contributed by atoms with E-state index in [2.05, 4.69) is 10.3 Å². The summed E-state index contributed by atoms with van der Waals surface area (Å²) in [5.41, 5.74) is 8.97. The number of hydrogen-bond acceptors (Lipinski definition) is 6. The summed E-state index contributed by atoms with van der Waals surface area (Å²) in [7, 11) is 1.99. The maximum atomic E-state index is 12.3. The van der Waals surface area contributed by atoms with Gasteiger partial charge in [-0.2, -0.15) is 0 Å². The van der Waals surface area contributed by atoms with Crippen LogP contribution in [0.2, 0.25) is 0 Å². The van der Waals surface area contributed by atoms with Gasteiger partial charge in [-0.05, 0) is 31.3 Å². The Labute approximate surface area is 134 Å². The Hall–Kier alpha value is -2.45. The third-order valence-corrected chi connectivity index (χ3v) is 3.63. The Morgan fingerprint density at radius 1 is 1.09 bits per heavy atom. The lowest BCUT2D eigenvalue weighted by Crippen LogP contribution is -2.56. The zero-order valence-electron chi connectivity index (χ0n) is 13.3. The molecule has 3 amide bonds. The molecule has 0 saturated carbocycles. The van der Waals surface area contributed by atoms with Crippen molar-refractivity contribution in [2.45, 2.75) is 6.92 Å². The Morgan fingerprint density at radius 2 is 1.65 bits per heavy atom. The fourth-order valence-electron chi connectivity index (χ4n) is 2.28.